The zero-order valence-electron chi connectivity index (χ0n) is 5.37. The van der Waals surface area contributed by atoms with Crippen molar-refractivity contribution in [2.45, 2.75) is 19.4 Å². The Hall–Kier alpha value is -0.830. The SMILES string of the molecule is C/C=C\C[C@H](N)C(=O)O. The van der Waals surface area contributed by atoms with Crippen molar-refractivity contribution in [3.8, 4) is 0 Å². The molecule has 0 aliphatic heterocycles. The number of carbonyl (C=O) groups is 1. The fourth-order valence-electron chi connectivity index (χ4n) is 0.384. The summed E-state index contributed by atoms with van der Waals surface area (Å²) >= 11 is 0. The van der Waals surface area contributed by atoms with E-state index in [4.69, 9.17) is 10.8 Å². The lowest BCUT2D eigenvalue weighted by Crippen LogP contribution is -2.29. The minimum absolute atomic E-state index is 0.409. The lowest BCUT2D eigenvalue weighted by atomic mass is 10.2. The van der Waals surface area contributed by atoms with Crippen molar-refractivity contribution in [3.63, 3.8) is 0 Å². The Morgan fingerprint density at radius 2 is 2.44 bits per heavy atom. The van der Waals surface area contributed by atoms with Gasteiger partial charge in [-0.05, 0) is 13.3 Å². The first-order valence-corrected chi connectivity index (χ1v) is 2.78. The quantitative estimate of drug-likeness (QED) is 0.541. The highest BCUT2D eigenvalue weighted by Gasteiger charge is 2.07. The summed E-state index contributed by atoms with van der Waals surface area (Å²) in [5.41, 5.74) is 5.15. The summed E-state index contributed by atoms with van der Waals surface area (Å²) in [6, 6.07) is -0.749. The average Bonchev–Trinajstić information content (AvgIpc) is 1.82. The van der Waals surface area contributed by atoms with Gasteiger partial charge in [0.15, 0.2) is 0 Å². The maximum Gasteiger partial charge on any atom is 0.320 e. The summed E-state index contributed by atoms with van der Waals surface area (Å²) in [4.78, 5) is 10.0. The fourth-order valence-corrected chi connectivity index (χ4v) is 0.384. The minimum atomic E-state index is -0.951. The van der Waals surface area contributed by atoms with Crippen molar-refractivity contribution >= 4 is 5.97 Å². The molecule has 3 nitrogen and oxygen atoms in total. The van der Waals surface area contributed by atoms with E-state index in [9.17, 15) is 4.79 Å². The highest BCUT2D eigenvalue weighted by atomic mass is 16.4. The Morgan fingerprint density at radius 1 is 1.89 bits per heavy atom. The van der Waals surface area contributed by atoms with Crippen molar-refractivity contribution in [3.05, 3.63) is 12.2 Å². The Bertz CT molecular complexity index is 120. The van der Waals surface area contributed by atoms with Crippen molar-refractivity contribution in [2.24, 2.45) is 5.73 Å². The van der Waals surface area contributed by atoms with Crippen LogP contribution in [0.2, 0.25) is 0 Å². The Labute approximate surface area is 54.2 Å². The molecule has 0 aromatic carbocycles. The van der Waals surface area contributed by atoms with Gasteiger partial charge in [-0.1, -0.05) is 12.2 Å². The molecule has 3 N–H and O–H groups in total. The van der Waals surface area contributed by atoms with E-state index in [1.807, 2.05) is 6.92 Å². The van der Waals surface area contributed by atoms with Crippen LogP contribution in [0.3, 0.4) is 0 Å². The molecule has 0 amide bonds. The largest absolute Gasteiger partial charge is 0.480 e. The first kappa shape index (κ1) is 8.17. The molecule has 0 aliphatic carbocycles. The van der Waals surface area contributed by atoms with Crippen LogP contribution in [-0.2, 0) is 4.79 Å². The number of aliphatic carboxylic acids is 1. The Kier molecular flexibility index (Phi) is 3.71. The fraction of sp³-hybridized carbons (Fsp3) is 0.500. The molecule has 0 spiro atoms. The van der Waals surface area contributed by atoms with Crippen LogP contribution in [0, 0.1) is 0 Å². The maximum absolute atomic E-state index is 10.0. The van der Waals surface area contributed by atoms with Gasteiger partial charge in [0.1, 0.15) is 6.04 Å². The van der Waals surface area contributed by atoms with E-state index < -0.39 is 12.0 Å². The highest BCUT2D eigenvalue weighted by Crippen LogP contribution is 1.88. The minimum Gasteiger partial charge on any atom is -0.480 e. The number of hydrogen-bond acceptors (Lipinski definition) is 2. The van der Waals surface area contributed by atoms with Crippen LogP contribution in [0.15, 0.2) is 12.2 Å². The van der Waals surface area contributed by atoms with Crippen LogP contribution in [0.5, 0.6) is 0 Å². The molecule has 9 heavy (non-hydrogen) atoms. The Balaban J connectivity index is 3.50. The van der Waals surface area contributed by atoms with Gasteiger partial charge in [0, 0.05) is 0 Å². The normalized spacial score (nSPS) is 14.0. The molecule has 0 aromatic heterocycles. The van der Waals surface area contributed by atoms with E-state index in [0.29, 0.717) is 6.42 Å². The summed E-state index contributed by atoms with van der Waals surface area (Å²) in [5.74, 6) is -0.951. The summed E-state index contributed by atoms with van der Waals surface area (Å²) in [6.07, 6.45) is 3.92. The maximum atomic E-state index is 10.0. The number of rotatable bonds is 3. The second-order valence-electron chi connectivity index (χ2n) is 1.75. The molecule has 0 heterocycles. The standard InChI is InChI=1S/C6H11NO2/c1-2-3-4-5(7)6(8)9/h2-3,5H,4,7H2,1H3,(H,8,9)/b3-2-/t5-/m0/s1. The van der Waals surface area contributed by atoms with Crippen LogP contribution in [0.25, 0.3) is 0 Å². The molecule has 0 rings (SSSR count). The van der Waals surface area contributed by atoms with E-state index in [1.54, 1.807) is 12.2 Å². The highest BCUT2D eigenvalue weighted by molar-refractivity contribution is 5.73. The van der Waals surface area contributed by atoms with Crippen LogP contribution < -0.4 is 5.73 Å². The first-order valence-electron chi connectivity index (χ1n) is 2.78. The van der Waals surface area contributed by atoms with Gasteiger partial charge >= 0.3 is 5.97 Å². The average molecular weight is 129 g/mol. The first-order chi connectivity index (χ1) is 4.18. The number of carboxylic acids is 1. The number of hydrogen-bond donors (Lipinski definition) is 2. The second-order valence-corrected chi connectivity index (χ2v) is 1.75. The van der Waals surface area contributed by atoms with Gasteiger partial charge < -0.3 is 10.8 Å². The monoisotopic (exact) mass is 129 g/mol. The molecular weight excluding hydrogens is 118 g/mol. The van der Waals surface area contributed by atoms with E-state index in [-0.39, 0.29) is 0 Å². The molecular formula is C6H11NO2. The van der Waals surface area contributed by atoms with Gasteiger partial charge in [-0.25, -0.2) is 0 Å². The van der Waals surface area contributed by atoms with Crippen LogP contribution >= 0.6 is 0 Å². The smallest absolute Gasteiger partial charge is 0.320 e. The molecule has 0 bridgehead atoms. The summed E-state index contributed by atoms with van der Waals surface area (Å²) in [5, 5.41) is 8.25. The molecule has 0 aliphatic rings. The van der Waals surface area contributed by atoms with E-state index in [1.165, 1.54) is 0 Å². The zero-order valence-corrected chi connectivity index (χ0v) is 5.37. The summed E-state index contributed by atoms with van der Waals surface area (Å²) < 4.78 is 0. The molecule has 0 unspecified atom stereocenters. The Morgan fingerprint density at radius 3 is 2.78 bits per heavy atom. The van der Waals surface area contributed by atoms with Gasteiger partial charge in [-0.2, -0.15) is 0 Å². The van der Waals surface area contributed by atoms with E-state index in [2.05, 4.69) is 0 Å². The molecule has 1 atom stereocenters. The number of nitrogens with two attached hydrogens (primary N) is 1. The molecule has 0 fully saturated rings. The molecule has 0 aromatic rings. The topological polar surface area (TPSA) is 63.3 Å². The van der Waals surface area contributed by atoms with Crippen LogP contribution in [-0.4, -0.2) is 17.1 Å². The predicted octanol–water partition coefficient (Wildman–Crippen LogP) is 0.365. The van der Waals surface area contributed by atoms with Crippen molar-refractivity contribution in [1.82, 2.24) is 0 Å². The van der Waals surface area contributed by atoms with Crippen LogP contribution in [0.4, 0.5) is 0 Å². The lowest BCUT2D eigenvalue weighted by Gasteiger charge is -1.98. The van der Waals surface area contributed by atoms with Gasteiger partial charge in [0.05, 0.1) is 0 Å². The van der Waals surface area contributed by atoms with E-state index >= 15 is 0 Å². The molecule has 0 radical (unpaired) electrons. The van der Waals surface area contributed by atoms with Gasteiger partial charge in [-0.15, -0.1) is 0 Å². The zero-order chi connectivity index (χ0) is 7.28. The van der Waals surface area contributed by atoms with E-state index in [0.717, 1.165) is 0 Å². The van der Waals surface area contributed by atoms with Gasteiger partial charge in [0.2, 0.25) is 0 Å². The molecule has 3 heteroatoms. The summed E-state index contributed by atoms with van der Waals surface area (Å²) in [7, 11) is 0. The van der Waals surface area contributed by atoms with Crippen molar-refractivity contribution in [2.75, 3.05) is 0 Å². The third kappa shape index (κ3) is 3.73. The van der Waals surface area contributed by atoms with Crippen LogP contribution in [0.1, 0.15) is 13.3 Å². The summed E-state index contributed by atoms with van der Waals surface area (Å²) in [6.45, 7) is 1.83. The van der Waals surface area contributed by atoms with Crippen molar-refractivity contribution < 1.29 is 9.90 Å². The van der Waals surface area contributed by atoms with Gasteiger partial charge in [0.25, 0.3) is 0 Å². The lowest BCUT2D eigenvalue weighted by molar-refractivity contribution is -0.138. The third-order valence-electron chi connectivity index (χ3n) is 0.943. The molecule has 0 saturated heterocycles. The number of allylic oxidation sites excluding steroid dienone is 1. The predicted molar refractivity (Wildman–Crippen MR) is 35.0 cm³/mol. The second kappa shape index (κ2) is 4.09. The van der Waals surface area contributed by atoms with Gasteiger partial charge in [-0.3, -0.25) is 4.79 Å². The van der Waals surface area contributed by atoms with Crippen molar-refractivity contribution in [1.29, 1.82) is 0 Å². The number of carboxylic acid groups (broad SMARTS) is 1. The third-order valence-corrected chi connectivity index (χ3v) is 0.943. The molecule has 0 saturated carbocycles. The molecule has 52 valence electrons.